The Balaban J connectivity index is 2.24. The summed E-state index contributed by atoms with van der Waals surface area (Å²) in [7, 11) is 1.68. The second kappa shape index (κ2) is 4.66. The third-order valence-electron chi connectivity index (χ3n) is 2.30. The number of carbonyl (C=O) groups excluding carboxylic acids is 1. The summed E-state index contributed by atoms with van der Waals surface area (Å²) >= 11 is 0. The van der Waals surface area contributed by atoms with Crippen molar-refractivity contribution in [2.45, 2.75) is 0 Å². The number of nitrogens with zero attached hydrogens (tertiary/aromatic N) is 3. The van der Waals surface area contributed by atoms with Crippen LogP contribution < -0.4 is 5.32 Å². The highest BCUT2D eigenvalue weighted by Crippen LogP contribution is 2.23. The van der Waals surface area contributed by atoms with Crippen LogP contribution in [0.3, 0.4) is 0 Å². The molecule has 92 valence electrons. The van der Waals surface area contributed by atoms with Crippen LogP contribution in [0.1, 0.15) is 10.5 Å². The van der Waals surface area contributed by atoms with Crippen LogP contribution in [0.5, 0.6) is 0 Å². The predicted octanol–water partition coefficient (Wildman–Crippen LogP) is 1.58. The number of hydrogen-bond donors (Lipinski definition) is 1. The molecule has 0 spiro atoms. The number of para-hydroxylation sites is 2. The largest absolute Gasteiger partial charge is 0.315 e. The lowest BCUT2D eigenvalue weighted by atomic mass is 10.2. The van der Waals surface area contributed by atoms with Crippen molar-refractivity contribution in [2.75, 3.05) is 5.32 Å². The van der Waals surface area contributed by atoms with E-state index >= 15 is 0 Å². The number of aromatic nitrogens is 2. The van der Waals surface area contributed by atoms with Gasteiger partial charge in [0.25, 0.3) is 11.6 Å². The predicted molar refractivity (Wildman–Crippen MR) is 64.3 cm³/mol. The van der Waals surface area contributed by atoms with Gasteiger partial charge in [0.2, 0.25) is 0 Å². The Labute approximate surface area is 102 Å². The number of benzene rings is 1. The van der Waals surface area contributed by atoms with Crippen LogP contribution in [0, 0.1) is 10.1 Å². The van der Waals surface area contributed by atoms with Gasteiger partial charge >= 0.3 is 0 Å². The molecule has 2 aromatic rings. The van der Waals surface area contributed by atoms with E-state index in [0.717, 1.165) is 0 Å². The Morgan fingerprint density at radius 1 is 1.39 bits per heavy atom. The van der Waals surface area contributed by atoms with Crippen LogP contribution in [-0.2, 0) is 7.05 Å². The van der Waals surface area contributed by atoms with Crippen molar-refractivity contribution in [3.05, 3.63) is 52.3 Å². The van der Waals surface area contributed by atoms with Crippen LogP contribution in [0.2, 0.25) is 0 Å². The second-order valence-corrected chi connectivity index (χ2v) is 3.60. The molecule has 7 heteroatoms. The third-order valence-corrected chi connectivity index (χ3v) is 2.30. The van der Waals surface area contributed by atoms with Crippen LogP contribution in [0.25, 0.3) is 0 Å². The molecule has 0 unspecified atom stereocenters. The SMILES string of the molecule is Cn1ccc(C(=O)Nc2ccccc2[N+](=O)[O-])n1. The maximum atomic E-state index is 11.8. The van der Waals surface area contributed by atoms with Gasteiger partial charge < -0.3 is 5.32 Å². The van der Waals surface area contributed by atoms with Crippen molar-refractivity contribution in [3.63, 3.8) is 0 Å². The zero-order valence-corrected chi connectivity index (χ0v) is 9.53. The number of anilines is 1. The van der Waals surface area contributed by atoms with E-state index in [4.69, 9.17) is 0 Å². The summed E-state index contributed by atoms with van der Waals surface area (Å²) in [6.45, 7) is 0. The number of rotatable bonds is 3. The first-order chi connectivity index (χ1) is 8.58. The molecule has 7 nitrogen and oxygen atoms in total. The molecule has 18 heavy (non-hydrogen) atoms. The monoisotopic (exact) mass is 246 g/mol. The summed E-state index contributed by atoms with van der Waals surface area (Å²) in [5, 5.41) is 17.2. The van der Waals surface area contributed by atoms with Crippen molar-refractivity contribution in [2.24, 2.45) is 7.05 Å². The number of amides is 1. The average molecular weight is 246 g/mol. The topological polar surface area (TPSA) is 90.1 Å². The lowest BCUT2D eigenvalue weighted by Crippen LogP contribution is -2.14. The highest BCUT2D eigenvalue weighted by Gasteiger charge is 2.16. The zero-order valence-electron chi connectivity index (χ0n) is 9.53. The smallest absolute Gasteiger partial charge is 0.292 e. The van der Waals surface area contributed by atoms with E-state index in [1.165, 1.54) is 28.9 Å². The van der Waals surface area contributed by atoms with Crippen LogP contribution in [0.4, 0.5) is 11.4 Å². The number of carbonyl (C=O) groups is 1. The Morgan fingerprint density at radius 2 is 2.11 bits per heavy atom. The molecule has 1 aromatic heterocycles. The Hall–Kier alpha value is -2.70. The molecule has 0 fully saturated rings. The van der Waals surface area contributed by atoms with Crippen molar-refractivity contribution in [3.8, 4) is 0 Å². The van der Waals surface area contributed by atoms with E-state index in [9.17, 15) is 14.9 Å². The number of nitro benzene ring substituents is 1. The molecular weight excluding hydrogens is 236 g/mol. The summed E-state index contributed by atoms with van der Waals surface area (Å²) in [6.07, 6.45) is 1.62. The number of nitro groups is 1. The number of nitrogens with one attached hydrogen (secondary N) is 1. The van der Waals surface area contributed by atoms with E-state index in [-0.39, 0.29) is 17.1 Å². The molecule has 0 aliphatic carbocycles. The fourth-order valence-electron chi connectivity index (χ4n) is 1.46. The molecule has 0 radical (unpaired) electrons. The van der Waals surface area contributed by atoms with E-state index in [2.05, 4.69) is 10.4 Å². The molecule has 1 aromatic carbocycles. The Morgan fingerprint density at radius 3 is 2.72 bits per heavy atom. The zero-order chi connectivity index (χ0) is 13.1. The van der Waals surface area contributed by atoms with Gasteiger partial charge in [0.1, 0.15) is 5.69 Å². The Kier molecular flexibility index (Phi) is 3.05. The summed E-state index contributed by atoms with van der Waals surface area (Å²) in [5.74, 6) is -0.482. The molecule has 0 saturated heterocycles. The Bertz CT molecular complexity index is 606. The van der Waals surface area contributed by atoms with Gasteiger partial charge in [-0.15, -0.1) is 0 Å². The molecule has 1 N–H and O–H groups in total. The van der Waals surface area contributed by atoms with Crippen molar-refractivity contribution < 1.29 is 9.72 Å². The molecule has 0 saturated carbocycles. The van der Waals surface area contributed by atoms with Crippen molar-refractivity contribution >= 4 is 17.3 Å². The van der Waals surface area contributed by atoms with Crippen LogP contribution in [-0.4, -0.2) is 20.6 Å². The summed E-state index contributed by atoms with van der Waals surface area (Å²) < 4.78 is 1.48. The molecule has 0 aliphatic rings. The van der Waals surface area contributed by atoms with Gasteiger partial charge in [0, 0.05) is 19.3 Å². The summed E-state index contributed by atoms with van der Waals surface area (Å²) in [6, 6.07) is 7.48. The van der Waals surface area contributed by atoms with E-state index in [1.54, 1.807) is 19.3 Å². The van der Waals surface area contributed by atoms with Gasteiger partial charge in [-0.3, -0.25) is 19.6 Å². The number of aryl methyl sites for hydroxylation is 1. The highest BCUT2D eigenvalue weighted by molar-refractivity contribution is 6.04. The minimum Gasteiger partial charge on any atom is -0.315 e. The molecule has 1 heterocycles. The third kappa shape index (κ3) is 2.34. The average Bonchev–Trinajstić information content (AvgIpc) is 2.76. The van der Waals surface area contributed by atoms with Gasteiger partial charge in [0.05, 0.1) is 4.92 Å². The van der Waals surface area contributed by atoms with Gasteiger partial charge in [-0.05, 0) is 12.1 Å². The quantitative estimate of drug-likeness (QED) is 0.657. The van der Waals surface area contributed by atoms with Gasteiger partial charge in [-0.25, -0.2) is 0 Å². The standard InChI is InChI=1S/C11H10N4O3/c1-14-7-6-9(13-14)11(16)12-8-4-2-3-5-10(8)15(17)18/h2-7H,1H3,(H,12,16). The van der Waals surface area contributed by atoms with E-state index < -0.39 is 10.8 Å². The van der Waals surface area contributed by atoms with Crippen LogP contribution >= 0.6 is 0 Å². The lowest BCUT2D eigenvalue weighted by Gasteiger charge is -2.03. The first kappa shape index (κ1) is 11.8. The maximum absolute atomic E-state index is 11.8. The first-order valence-electron chi connectivity index (χ1n) is 5.12. The maximum Gasteiger partial charge on any atom is 0.292 e. The fourth-order valence-corrected chi connectivity index (χ4v) is 1.46. The minimum absolute atomic E-state index is 0.151. The summed E-state index contributed by atoms with van der Waals surface area (Å²) in [4.78, 5) is 22.0. The molecular formula is C11H10N4O3. The molecule has 0 aliphatic heterocycles. The normalized spacial score (nSPS) is 10.1. The van der Waals surface area contributed by atoms with E-state index in [0.29, 0.717) is 0 Å². The fraction of sp³-hybridized carbons (Fsp3) is 0.0909. The van der Waals surface area contributed by atoms with Gasteiger partial charge in [-0.1, -0.05) is 12.1 Å². The summed E-state index contributed by atoms with van der Waals surface area (Å²) in [5.41, 5.74) is 0.204. The minimum atomic E-state index is -0.548. The number of hydrogen-bond acceptors (Lipinski definition) is 4. The first-order valence-corrected chi connectivity index (χ1v) is 5.12. The molecule has 1 amide bonds. The second-order valence-electron chi connectivity index (χ2n) is 3.60. The molecule has 2 rings (SSSR count). The lowest BCUT2D eigenvalue weighted by molar-refractivity contribution is -0.383. The van der Waals surface area contributed by atoms with Gasteiger partial charge in [-0.2, -0.15) is 5.10 Å². The van der Waals surface area contributed by atoms with Crippen LogP contribution in [0.15, 0.2) is 36.5 Å². The van der Waals surface area contributed by atoms with Crippen molar-refractivity contribution in [1.82, 2.24) is 9.78 Å². The van der Waals surface area contributed by atoms with Gasteiger partial charge in [0.15, 0.2) is 5.69 Å². The molecule has 0 atom stereocenters. The van der Waals surface area contributed by atoms with Crippen molar-refractivity contribution in [1.29, 1.82) is 0 Å². The molecule has 0 bridgehead atoms. The highest BCUT2D eigenvalue weighted by atomic mass is 16.6. The van der Waals surface area contributed by atoms with E-state index in [1.807, 2.05) is 0 Å².